The summed E-state index contributed by atoms with van der Waals surface area (Å²) >= 11 is 3.45. The fourth-order valence-corrected chi connectivity index (χ4v) is 3.30. The van der Waals surface area contributed by atoms with Crippen LogP contribution in [0.3, 0.4) is 0 Å². The highest BCUT2D eigenvalue weighted by atomic mass is 79.9. The lowest BCUT2D eigenvalue weighted by Gasteiger charge is -2.34. The van der Waals surface area contributed by atoms with Gasteiger partial charge in [0.25, 0.3) is 0 Å². The molecule has 3 heteroatoms. The van der Waals surface area contributed by atoms with Gasteiger partial charge in [0.05, 0.1) is 11.9 Å². The quantitative estimate of drug-likeness (QED) is 0.739. The van der Waals surface area contributed by atoms with Crippen LogP contribution in [0.25, 0.3) is 0 Å². The Labute approximate surface area is 104 Å². The molecule has 0 bridgehead atoms. The van der Waals surface area contributed by atoms with E-state index in [1.165, 1.54) is 0 Å². The zero-order valence-electron chi connectivity index (χ0n) is 9.71. The molecular weight excluding hydrogens is 268 g/mol. The van der Waals surface area contributed by atoms with Gasteiger partial charge < -0.3 is 4.74 Å². The highest BCUT2D eigenvalue weighted by molar-refractivity contribution is 9.10. The highest BCUT2D eigenvalue weighted by Gasteiger charge is 2.37. The Bertz CT molecular complexity index is 438. The molecular formula is C13H15BrO2. The van der Waals surface area contributed by atoms with Gasteiger partial charge in [0.1, 0.15) is 5.75 Å². The molecule has 1 aromatic rings. The minimum atomic E-state index is -0.0663. The number of ether oxygens (including phenoxy) is 1. The van der Waals surface area contributed by atoms with E-state index in [1.54, 1.807) is 7.11 Å². The molecule has 0 saturated carbocycles. The zero-order chi connectivity index (χ0) is 11.9. The van der Waals surface area contributed by atoms with Crippen LogP contribution < -0.4 is 4.74 Å². The Balaban J connectivity index is 2.60. The van der Waals surface area contributed by atoms with E-state index in [2.05, 4.69) is 29.8 Å². The average Bonchev–Trinajstić information content (AvgIpc) is 2.25. The van der Waals surface area contributed by atoms with E-state index in [-0.39, 0.29) is 16.0 Å². The Kier molecular flexibility index (Phi) is 2.82. The molecule has 1 unspecified atom stereocenters. The summed E-state index contributed by atoms with van der Waals surface area (Å²) in [5.41, 5.74) is 1.91. The van der Waals surface area contributed by atoms with Crippen LogP contribution in [-0.4, -0.2) is 17.7 Å². The lowest BCUT2D eigenvalue weighted by Crippen LogP contribution is -2.34. The number of hydrogen-bond acceptors (Lipinski definition) is 2. The predicted molar refractivity (Wildman–Crippen MR) is 67.7 cm³/mol. The van der Waals surface area contributed by atoms with Crippen LogP contribution in [0.2, 0.25) is 0 Å². The number of methoxy groups -OCH3 is 1. The molecule has 1 aromatic carbocycles. The number of benzene rings is 1. The first kappa shape index (κ1) is 11.6. The van der Waals surface area contributed by atoms with Crippen molar-refractivity contribution in [2.24, 2.45) is 0 Å². The van der Waals surface area contributed by atoms with Gasteiger partial charge in [0.2, 0.25) is 0 Å². The Morgan fingerprint density at radius 1 is 1.44 bits per heavy atom. The van der Waals surface area contributed by atoms with Crippen molar-refractivity contribution in [3.8, 4) is 5.75 Å². The zero-order valence-corrected chi connectivity index (χ0v) is 11.3. The number of rotatable bonds is 1. The number of Topliss-reactive ketones (excluding diaryl/α,β-unsaturated/α-hetero) is 1. The highest BCUT2D eigenvalue weighted by Crippen LogP contribution is 2.40. The van der Waals surface area contributed by atoms with Gasteiger partial charge in [-0.3, -0.25) is 4.79 Å². The number of carbonyl (C=O) groups is 1. The third-order valence-corrected chi connectivity index (χ3v) is 3.93. The maximum absolute atomic E-state index is 12.0. The minimum absolute atomic E-state index is 0.00590. The first-order valence-corrected chi connectivity index (χ1v) is 6.24. The van der Waals surface area contributed by atoms with Crippen molar-refractivity contribution in [3.63, 3.8) is 0 Å². The van der Waals surface area contributed by atoms with Crippen molar-refractivity contribution in [2.45, 2.75) is 30.5 Å². The molecule has 0 aromatic heterocycles. The van der Waals surface area contributed by atoms with Crippen LogP contribution in [0, 0.1) is 0 Å². The summed E-state index contributed by atoms with van der Waals surface area (Å²) in [6.45, 7) is 4.32. The summed E-state index contributed by atoms with van der Waals surface area (Å²) in [4.78, 5) is 11.9. The van der Waals surface area contributed by atoms with Gasteiger partial charge in [-0.2, -0.15) is 0 Å². The first-order valence-electron chi connectivity index (χ1n) is 5.32. The molecule has 0 N–H and O–H groups in total. The molecule has 1 aliphatic rings. The Morgan fingerprint density at radius 2 is 2.12 bits per heavy atom. The molecule has 16 heavy (non-hydrogen) atoms. The van der Waals surface area contributed by atoms with Gasteiger partial charge in [-0.15, -0.1) is 0 Å². The van der Waals surface area contributed by atoms with Crippen LogP contribution in [0.15, 0.2) is 18.2 Å². The third kappa shape index (κ3) is 1.77. The SMILES string of the molecule is COc1ccc2c(c1)C(C)(C)CC(Br)C2=O. The molecule has 2 rings (SSSR count). The third-order valence-electron chi connectivity index (χ3n) is 3.20. The minimum Gasteiger partial charge on any atom is -0.497 e. The van der Waals surface area contributed by atoms with E-state index in [0.717, 1.165) is 23.3 Å². The monoisotopic (exact) mass is 282 g/mol. The second kappa shape index (κ2) is 3.88. The fourth-order valence-electron chi connectivity index (χ4n) is 2.24. The molecule has 0 saturated heterocycles. The average molecular weight is 283 g/mol. The molecule has 2 nitrogen and oxygen atoms in total. The number of alkyl halides is 1. The summed E-state index contributed by atoms with van der Waals surface area (Å²) in [6, 6.07) is 5.69. The van der Waals surface area contributed by atoms with E-state index in [1.807, 2.05) is 18.2 Å². The van der Waals surface area contributed by atoms with Gasteiger partial charge >= 0.3 is 0 Å². The van der Waals surface area contributed by atoms with E-state index < -0.39 is 0 Å². The van der Waals surface area contributed by atoms with E-state index >= 15 is 0 Å². The van der Waals surface area contributed by atoms with E-state index in [9.17, 15) is 4.79 Å². The normalized spacial score (nSPS) is 22.8. The largest absolute Gasteiger partial charge is 0.497 e. The Morgan fingerprint density at radius 3 is 2.75 bits per heavy atom. The summed E-state index contributed by atoms with van der Waals surface area (Å²) in [7, 11) is 1.65. The summed E-state index contributed by atoms with van der Waals surface area (Å²) in [6.07, 6.45) is 0.825. The fraction of sp³-hybridized carbons (Fsp3) is 0.462. The van der Waals surface area contributed by atoms with Crippen molar-refractivity contribution in [1.29, 1.82) is 0 Å². The number of fused-ring (bicyclic) bond motifs is 1. The van der Waals surface area contributed by atoms with Gasteiger partial charge in [-0.25, -0.2) is 0 Å². The lowest BCUT2D eigenvalue weighted by molar-refractivity contribution is 0.0967. The van der Waals surface area contributed by atoms with Crippen molar-refractivity contribution in [3.05, 3.63) is 29.3 Å². The first-order chi connectivity index (χ1) is 7.45. The summed E-state index contributed by atoms with van der Waals surface area (Å²) in [5, 5.41) is 0. The molecule has 86 valence electrons. The summed E-state index contributed by atoms with van der Waals surface area (Å²) in [5.74, 6) is 0.990. The molecule has 0 heterocycles. The van der Waals surface area contributed by atoms with Gasteiger partial charge in [0, 0.05) is 5.56 Å². The molecule has 0 radical (unpaired) electrons. The van der Waals surface area contributed by atoms with E-state index in [4.69, 9.17) is 4.74 Å². The van der Waals surface area contributed by atoms with Crippen molar-refractivity contribution in [2.75, 3.05) is 7.11 Å². The number of carbonyl (C=O) groups excluding carboxylic acids is 1. The molecule has 0 amide bonds. The molecule has 0 spiro atoms. The number of hydrogen-bond donors (Lipinski definition) is 0. The number of halogens is 1. The van der Waals surface area contributed by atoms with Crippen LogP contribution in [0.1, 0.15) is 36.2 Å². The van der Waals surface area contributed by atoms with Crippen LogP contribution in [0.4, 0.5) is 0 Å². The molecule has 0 fully saturated rings. The Hall–Kier alpha value is -0.830. The maximum Gasteiger partial charge on any atom is 0.176 e. The van der Waals surface area contributed by atoms with Crippen LogP contribution in [0.5, 0.6) is 5.75 Å². The smallest absolute Gasteiger partial charge is 0.176 e. The van der Waals surface area contributed by atoms with Gasteiger partial charge in [0.15, 0.2) is 5.78 Å². The van der Waals surface area contributed by atoms with Gasteiger partial charge in [-0.05, 0) is 35.6 Å². The summed E-state index contributed by atoms with van der Waals surface area (Å²) < 4.78 is 5.21. The van der Waals surface area contributed by atoms with E-state index in [0.29, 0.717) is 0 Å². The molecule has 1 atom stereocenters. The van der Waals surface area contributed by atoms with Gasteiger partial charge in [-0.1, -0.05) is 29.8 Å². The second-order valence-electron chi connectivity index (χ2n) is 4.83. The van der Waals surface area contributed by atoms with Crippen molar-refractivity contribution >= 4 is 21.7 Å². The maximum atomic E-state index is 12.0. The van der Waals surface area contributed by atoms with Crippen molar-refractivity contribution in [1.82, 2.24) is 0 Å². The second-order valence-corrected chi connectivity index (χ2v) is 5.94. The molecule has 0 aliphatic heterocycles. The standard InChI is InChI=1S/C13H15BrO2/c1-13(2)7-11(14)12(15)9-5-4-8(16-3)6-10(9)13/h4-6,11H,7H2,1-3H3. The molecule has 1 aliphatic carbocycles. The van der Waals surface area contributed by atoms with Crippen LogP contribution in [-0.2, 0) is 5.41 Å². The van der Waals surface area contributed by atoms with Crippen molar-refractivity contribution < 1.29 is 9.53 Å². The topological polar surface area (TPSA) is 26.3 Å². The number of ketones is 1. The lowest BCUT2D eigenvalue weighted by atomic mass is 9.72. The van der Waals surface area contributed by atoms with Crippen LogP contribution >= 0.6 is 15.9 Å². The predicted octanol–water partition coefficient (Wildman–Crippen LogP) is 3.32.